The van der Waals surface area contributed by atoms with E-state index in [9.17, 15) is 14.4 Å². The summed E-state index contributed by atoms with van der Waals surface area (Å²) in [7, 11) is 0. The highest BCUT2D eigenvalue weighted by atomic mass is 16.2. The second-order valence-electron chi connectivity index (χ2n) is 9.01. The molecule has 1 saturated heterocycles. The van der Waals surface area contributed by atoms with Gasteiger partial charge in [-0.1, -0.05) is 24.3 Å². The van der Waals surface area contributed by atoms with E-state index in [0.717, 1.165) is 42.6 Å². The molecule has 2 heterocycles. The van der Waals surface area contributed by atoms with Crippen molar-refractivity contribution in [3.63, 3.8) is 0 Å². The fourth-order valence-electron chi connectivity index (χ4n) is 4.95. The minimum absolute atomic E-state index is 0.0642. The number of anilines is 2. The Hall–Kier alpha value is -3.35. The summed E-state index contributed by atoms with van der Waals surface area (Å²) in [6.45, 7) is 8.30. The summed E-state index contributed by atoms with van der Waals surface area (Å²) < 4.78 is 0. The van der Waals surface area contributed by atoms with Crippen molar-refractivity contribution >= 4 is 29.1 Å². The Bertz CT molecular complexity index is 1080. The fourth-order valence-corrected chi connectivity index (χ4v) is 4.95. The number of aryl methyl sites for hydroxylation is 1. The maximum Gasteiger partial charge on any atom is 0.253 e. The number of nitrogens with one attached hydrogen (secondary N) is 1. The van der Waals surface area contributed by atoms with Crippen molar-refractivity contribution in [3.05, 3.63) is 59.2 Å². The first-order valence-corrected chi connectivity index (χ1v) is 12.3. The van der Waals surface area contributed by atoms with Crippen LogP contribution in [0.1, 0.15) is 54.6 Å². The van der Waals surface area contributed by atoms with Crippen molar-refractivity contribution in [2.75, 3.05) is 36.0 Å². The van der Waals surface area contributed by atoms with Gasteiger partial charge in [-0.25, -0.2) is 0 Å². The number of carbonyl (C=O) groups excluding carboxylic acids is 3. The van der Waals surface area contributed by atoms with Crippen LogP contribution in [0.4, 0.5) is 11.4 Å². The molecule has 180 valence electrons. The van der Waals surface area contributed by atoms with E-state index in [1.54, 1.807) is 15.9 Å². The molecule has 2 aliphatic heterocycles. The van der Waals surface area contributed by atoms with E-state index in [1.807, 2.05) is 57.2 Å². The number of nitrogens with zero attached hydrogens (tertiary/aromatic N) is 3. The van der Waals surface area contributed by atoms with E-state index >= 15 is 0 Å². The quantitative estimate of drug-likeness (QED) is 0.684. The van der Waals surface area contributed by atoms with E-state index in [4.69, 9.17) is 0 Å². The lowest BCUT2D eigenvalue weighted by atomic mass is 9.95. The number of benzene rings is 2. The first-order chi connectivity index (χ1) is 16.4. The summed E-state index contributed by atoms with van der Waals surface area (Å²) in [6.07, 6.45) is 2.80. The zero-order valence-corrected chi connectivity index (χ0v) is 20.3. The third-order valence-electron chi connectivity index (χ3n) is 6.97. The van der Waals surface area contributed by atoms with Crippen LogP contribution in [0.3, 0.4) is 0 Å². The molecule has 1 atom stereocenters. The summed E-state index contributed by atoms with van der Waals surface area (Å²) >= 11 is 0. The van der Waals surface area contributed by atoms with E-state index in [1.165, 1.54) is 0 Å². The smallest absolute Gasteiger partial charge is 0.253 e. The van der Waals surface area contributed by atoms with Gasteiger partial charge in [0.1, 0.15) is 12.6 Å². The van der Waals surface area contributed by atoms with Crippen molar-refractivity contribution in [1.82, 2.24) is 10.2 Å². The molecule has 3 amide bonds. The van der Waals surface area contributed by atoms with Gasteiger partial charge in [-0.05, 0) is 69.4 Å². The second-order valence-corrected chi connectivity index (χ2v) is 9.01. The Kier molecular flexibility index (Phi) is 7.20. The molecule has 0 aliphatic carbocycles. The van der Waals surface area contributed by atoms with Gasteiger partial charge in [-0.3, -0.25) is 19.3 Å². The number of piperidine rings is 1. The molecule has 2 aromatic carbocycles. The summed E-state index contributed by atoms with van der Waals surface area (Å²) in [6, 6.07) is 13.2. The fraction of sp³-hybridized carbons (Fsp3) is 0.444. The van der Waals surface area contributed by atoms with Gasteiger partial charge < -0.3 is 15.1 Å². The first kappa shape index (κ1) is 23.8. The van der Waals surface area contributed by atoms with Gasteiger partial charge in [0.25, 0.3) is 5.91 Å². The SMILES string of the molecule is CCN(CC)C(=O)c1ccc2c(c1)N(CC(=O)NCc1ccccc1C)C(=O)[C@H]1CCCCN21. The van der Waals surface area contributed by atoms with Gasteiger partial charge in [0.2, 0.25) is 11.8 Å². The monoisotopic (exact) mass is 462 g/mol. The zero-order valence-electron chi connectivity index (χ0n) is 20.3. The van der Waals surface area contributed by atoms with Crippen LogP contribution in [0.2, 0.25) is 0 Å². The van der Waals surface area contributed by atoms with Crippen LogP contribution in [0.5, 0.6) is 0 Å². The second kappa shape index (κ2) is 10.3. The Labute approximate surface area is 201 Å². The number of hydrogen-bond donors (Lipinski definition) is 1. The number of fused-ring (bicyclic) bond motifs is 3. The Morgan fingerprint density at radius 3 is 2.56 bits per heavy atom. The average Bonchev–Trinajstić information content (AvgIpc) is 2.86. The maximum absolute atomic E-state index is 13.5. The normalized spacial score (nSPS) is 17.1. The van der Waals surface area contributed by atoms with Crippen LogP contribution >= 0.6 is 0 Å². The van der Waals surface area contributed by atoms with E-state index in [0.29, 0.717) is 30.9 Å². The predicted molar refractivity (Wildman–Crippen MR) is 134 cm³/mol. The molecule has 34 heavy (non-hydrogen) atoms. The van der Waals surface area contributed by atoms with Gasteiger partial charge in [-0.15, -0.1) is 0 Å². The molecule has 4 rings (SSSR count). The molecule has 2 aromatic rings. The predicted octanol–water partition coefficient (Wildman–Crippen LogP) is 3.50. The highest BCUT2D eigenvalue weighted by molar-refractivity contribution is 6.09. The molecule has 7 heteroatoms. The zero-order chi connectivity index (χ0) is 24.2. The molecule has 0 radical (unpaired) electrons. The molecular formula is C27H34N4O3. The highest BCUT2D eigenvalue weighted by Crippen LogP contribution is 2.40. The lowest BCUT2D eigenvalue weighted by Gasteiger charge is -2.45. The summed E-state index contributed by atoms with van der Waals surface area (Å²) in [4.78, 5) is 45.0. The summed E-state index contributed by atoms with van der Waals surface area (Å²) in [5.74, 6) is -0.345. The molecule has 0 bridgehead atoms. The lowest BCUT2D eigenvalue weighted by Crippen LogP contribution is -2.57. The summed E-state index contributed by atoms with van der Waals surface area (Å²) in [5.41, 5.74) is 4.27. The highest BCUT2D eigenvalue weighted by Gasteiger charge is 2.40. The minimum atomic E-state index is -0.255. The van der Waals surface area contributed by atoms with Crippen molar-refractivity contribution in [2.24, 2.45) is 0 Å². The van der Waals surface area contributed by atoms with Crippen LogP contribution in [-0.2, 0) is 16.1 Å². The molecule has 7 nitrogen and oxygen atoms in total. The Morgan fingerprint density at radius 2 is 1.82 bits per heavy atom. The molecule has 1 N–H and O–H groups in total. The van der Waals surface area contributed by atoms with Crippen LogP contribution in [0, 0.1) is 6.92 Å². The molecule has 1 fully saturated rings. The standard InChI is InChI=1S/C27H34N4O3/c1-4-29(5-2)26(33)20-13-14-22-24(16-20)31(27(34)23-12-8-9-15-30(22)23)18-25(32)28-17-21-11-7-6-10-19(21)3/h6-7,10-11,13-14,16,23H,4-5,8-9,12,15,17-18H2,1-3H3,(H,28,32)/t23-/m1/s1. The van der Waals surface area contributed by atoms with Crippen molar-refractivity contribution < 1.29 is 14.4 Å². The van der Waals surface area contributed by atoms with E-state index in [-0.39, 0.29) is 30.3 Å². The minimum Gasteiger partial charge on any atom is -0.358 e. The van der Waals surface area contributed by atoms with Crippen LogP contribution in [-0.4, -0.2) is 54.8 Å². The van der Waals surface area contributed by atoms with Crippen LogP contribution < -0.4 is 15.1 Å². The number of carbonyl (C=O) groups is 3. The van der Waals surface area contributed by atoms with Crippen molar-refractivity contribution in [1.29, 1.82) is 0 Å². The molecule has 0 saturated carbocycles. The molecule has 0 aromatic heterocycles. The number of rotatable bonds is 7. The van der Waals surface area contributed by atoms with Gasteiger partial charge in [0, 0.05) is 31.7 Å². The van der Waals surface area contributed by atoms with Gasteiger partial charge in [0.15, 0.2) is 0 Å². The van der Waals surface area contributed by atoms with Crippen LogP contribution in [0.15, 0.2) is 42.5 Å². The molecule has 0 unspecified atom stereocenters. The number of hydrogen-bond acceptors (Lipinski definition) is 4. The first-order valence-electron chi connectivity index (χ1n) is 12.3. The summed E-state index contributed by atoms with van der Waals surface area (Å²) in [5, 5.41) is 2.96. The molecule has 0 spiro atoms. The van der Waals surface area contributed by atoms with Crippen LogP contribution in [0.25, 0.3) is 0 Å². The van der Waals surface area contributed by atoms with Gasteiger partial charge >= 0.3 is 0 Å². The van der Waals surface area contributed by atoms with Crippen molar-refractivity contribution in [2.45, 2.75) is 52.6 Å². The van der Waals surface area contributed by atoms with Crippen molar-refractivity contribution in [3.8, 4) is 0 Å². The average molecular weight is 463 g/mol. The third-order valence-corrected chi connectivity index (χ3v) is 6.97. The van der Waals surface area contributed by atoms with E-state index < -0.39 is 0 Å². The molecular weight excluding hydrogens is 428 g/mol. The topological polar surface area (TPSA) is 73.0 Å². The third kappa shape index (κ3) is 4.65. The number of amides is 3. The maximum atomic E-state index is 13.5. The largest absolute Gasteiger partial charge is 0.358 e. The van der Waals surface area contributed by atoms with E-state index in [2.05, 4.69) is 10.2 Å². The van der Waals surface area contributed by atoms with Gasteiger partial charge in [-0.2, -0.15) is 0 Å². The lowest BCUT2D eigenvalue weighted by molar-refractivity contribution is -0.125. The van der Waals surface area contributed by atoms with Gasteiger partial charge in [0.05, 0.1) is 11.4 Å². The molecule has 2 aliphatic rings. The Morgan fingerprint density at radius 1 is 1.06 bits per heavy atom. The Balaban J connectivity index is 1.61.